The number of hydrogen-bond acceptors (Lipinski definition) is 42. The molecule has 17 aliphatic heterocycles. The van der Waals surface area contributed by atoms with Crippen molar-refractivity contribution in [3.05, 3.63) is 71.0 Å². The minimum atomic E-state index is -0.879. The molecule has 6 fully saturated rings. The summed E-state index contributed by atoms with van der Waals surface area (Å²) in [5, 5.41) is 95.7. The first-order valence-corrected chi connectivity index (χ1v) is 47.2. The maximum Gasteiger partial charge on any atom is 0.256 e. The summed E-state index contributed by atoms with van der Waals surface area (Å²) in [5.74, 6) is -2.06. The zero-order valence-electron chi connectivity index (χ0n) is 82.5. The van der Waals surface area contributed by atoms with Crippen LogP contribution in [0, 0.1) is 46.8 Å². The first-order valence-electron chi connectivity index (χ1n) is 47.2. The number of aliphatic hydroxyl groups excluding tert-OH is 6. The van der Waals surface area contributed by atoms with Gasteiger partial charge in [0.2, 0.25) is 29.5 Å². The van der Waals surface area contributed by atoms with Crippen LogP contribution in [0.4, 0.5) is 0 Å². The molecule has 21 rings (SSSR count). The second-order valence-electron chi connectivity index (χ2n) is 43.6. The van der Waals surface area contributed by atoms with E-state index in [2.05, 4.69) is 181 Å². The molecule has 4 aliphatic carbocycles. The Morgan fingerprint density at radius 1 is 0.386 bits per heavy atom. The van der Waals surface area contributed by atoms with E-state index < -0.39 is 60.5 Å². The lowest BCUT2D eigenvalue weighted by molar-refractivity contribution is -0.129. The molecule has 140 heavy (non-hydrogen) atoms. The van der Waals surface area contributed by atoms with Gasteiger partial charge in [-0.2, -0.15) is 0 Å². The number of aliphatic imine (C=N–C) groups is 9. The molecule has 32 atom stereocenters. The van der Waals surface area contributed by atoms with Crippen LogP contribution in [-0.4, -0.2) is 400 Å². The van der Waals surface area contributed by atoms with E-state index in [1.807, 2.05) is 108 Å². The summed E-state index contributed by atoms with van der Waals surface area (Å²) in [5.41, 5.74) is 37.3. The Kier molecular flexibility index (Phi) is 28.3. The number of rotatable bonds is 13. The second kappa shape index (κ2) is 38.6. The Labute approximate surface area is 812 Å². The summed E-state index contributed by atoms with van der Waals surface area (Å²) in [6.45, 7) is 36.8. The van der Waals surface area contributed by atoms with Crippen LogP contribution in [0.3, 0.4) is 0 Å². The molecule has 32 unspecified atom stereocenters. The van der Waals surface area contributed by atoms with E-state index in [1.54, 1.807) is 44.4 Å². The molecule has 17 heterocycles. The largest absolute Gasteiger partial charge is 0.390 e. The monoisotopic (exact) mass is 1950 g/mol. The van der Waals surface area contributed by atoms with Crippen LogP contribution in [-0.2, 0) is 47.8 Å². The molecule has 7 amide bonds. The van der Waals surface area contributed by atoms with Crippen molar-refractivity contribution in [2.45, 2.75) is 298 Å². The Hall–Kier alpha value is -11.7. The predicted octanol–water partition coefficient (Wildman–Crippen LogP) is -8.06. The van der Waals surface area contributed by atoms with Crippen molar-refractivity contribution >= 4 is 102 Å². The Balaban J connectivity index is 0.000000125. The van der Waals surface area contributed by atoms with Crippen molar-refractivity contribution in [1.82, 2.24) is 92.4 Å². The van der Waals surface area contributed by atoms with E-state index in [4.69, 9.17) is 54.0 Å². The highest BCUT2D eigenvalue weighted by atomic mass is 16.6. The lowest BCUT2D eigenvalue weighted by atomic mass is 9.95. The predicted molar refractivity (Wildman–Crippen MR) is 518 cm³/mol. The lowest BCUT2D eigenvalue weighted by Gasteiger charge is -2.38. The molecule has 0 spiro atoms. The van der Waals surface area contributed by atoms with Gasteiger partial charge in [-0.15, -0.1) is 0 Å². The molecular weight excluding hydrogens is 1810 g/mol. The Morgan fingerprint density at radius 2 is 0.729 bits per heavy atom. The van der Waals surface area contributed by atoms with Gasteiger partial charge in [0.25, 0.3) is 11.8 Å². The molecular formula is C90H140N34O16. The van der Waals surface area contributed by atoms with E-state index in [-0.39, 0.29) is 238 Å². The third-order valence-electron chi connectivity index (χ3n) is 28.6. The van der Waals surface area contributed by atoms with Gasteiger partial charge in [0.05, 0.1) is 55.7 Å². The molecule has 21 aliphatic rings. The molecule has 3 saturated heterocycles. The number of guanidine groups is 5. The third kappa shape index (κ3) is 20.6. The molecule has 50 nitrogen and oxygen atoms in total. The van der Waals surface area contributed by atoms with E-state index in [0.29, 0.717) is 31.8 Å². The minimum absolute atomic E-state index is 0.0120. The molecule has 766 valence electrons. The van der Waals surface area contributed by atoms with Crippen LogP contribution < -0.4 is 87.6 Å². The maximum absolute atomic E-state index is 12.5. The highest BCUT2D eigenvalue weighted by molar-refractivity contribution is 6.08. The van der Waals surface area contributed by atoms with Crippen LogP contribution in [0.1, 0.15) is 118 Å². The number of aliphatic hydroxyl groups is 6. The number of likely N-dealkylation sites (N-methyl/N-ethyl adjacent to an activating group) is 1. The quantitative estimate of drug-likeness (QED) is 0.0352. The number of amides is 7. The van der Waals surface area contributed by atoms with Crippen molar-refractivity contribution in [3.8, 4) is 0 Å². The van der Waals surface area contributed by atoms with E-state index in [9.17, 15) is 64.2 Å². The van der Waals surface area contributed by atoms with Gasteiger partial charge in [-0.05, 0) is 126 Å². The molecule has 0 aromatic rings. The summed E-state index contributed by atoms with van der Waals surface area (Å²) in [7, 11) is 5.49. The third-order valence-corrected chi connectivity index (χ3v) is 28.6. The highest BCUT2D eigenvalue weighted by Crippen LogP contribution is 2.47. The molecule has 0 aromatic heterocycles. The van der Waals surface area contributed by atoms with E-state index in [0.717, 1.165) is 22.3 Å². The molecule has 0 aromatic carbocycles. The number of amidine groups is 1. The number of carbonyl (C=O) groups excluding carboxylic acids is 7. The summed E-state index contributed by atoms with van der Waals surface area (Å²) in [6, 6.07) is -1.19. The minimum Gasteiger partial charge on any atom is -0.390 e. The number of carbonyl (C=O) groups is 7. The van der Waals surface area contributed by atoms with Crippen molar-refractivity contribution < 1.29 is 78.4 Å². The molecule has 0 radical (unpaired) electrons. The number of ether oxygens (including phenoxy) is 3. The standard InChI is InChI=1S/C16H25N5O4.C16H25N5O3.2C14H21N5O3.C11H18N6O.C10H16N4O.C9H14N4O/c1-16(2,3)21-5-6(7-13(21)19-15(17)20-14(7)24)4-18-8-9(22)10(23)12-11(8)25-12;1-16(2,3)21-7-8(6-18-9-4-5-10(22)12(9)23)11-13(21)19-15(17)20-14(11)24;2*1-5-8(10-11(22-10)9(5)20)16-3-6-4-19(2)12-7(6)13(21)18-14(15)17-12;1-11(2,3)17-4-5(7(12)13)6-8(17)15-10(14)16-9(6)18;1-10(2,3)14-6-11-7-8(14)12-5-13(4)9(7)15;1-9(2,3)13-5-12-6-7(13)10-4-11-8(6)14/h5,7-13,18,22-23H,4H2,1-3H3,(H3,17,19,20,24);4-5,7,9-13,18,22-23H,6H2,1-3H3,(H3,17,19,20,24);2*4-5,7-12,16,20H,3H2,1-2H3,(H3,15,17,18,21);4,6,8H,1-3H3,(H3,12,13)(H3,14,15,16,18);5-8H,1-4H3;4-7H,1-3H3,(H,10,11,14). The zero-order chi connectivity index (χ0) is 102. The number of fused-ring (bicyclic) bond motifs is 10. The normalized spacial score (nSPS) is 37.9. The molecule has 3 saturated carbocycles. The molecule has 50 heteroatoms. The van der Waals surface area contributed by atoms with Crippen molar-refractivity contribution in [3.63, 3.8) is 0 Å². The fourth-order valence-corrected chi connectivity index (χ4v) is 20.8. The average Bonchev–Trinajstić information content (AvgIpc) is 1.58. The Morgan fingerprint density at radius 3 is 1.10 bits per heavy atom. The van der Waals surface area contributed by atoms with E-state index in [1.165, 1.54) is 11.2 Å². The zero-order valence-corrected chi connectivity index (χ0v) is 82.5. The fraction of sp³-hybridized carbons (Fsp3) is 0.678. The van der Waals surface area contributed by atoms with Crippen LogP contribution in [0.25, 0.3) is 0 Å². The van der Waals surface area contributed by atoms with Gasteiger partial charge >= 0.3 is 0 Å². The maximum atomic E-state index is 12.5. The first kappa shape index (κ1) is 103. The van der Waals surface area contributed by atoms with Crippen LogP contribution in [0.5, 0.6) is 0 Å². The summed E-state index contributed by atoms with van der Waals surface area (Å²) >= 11 is 0. The van der Waals surface area contributed by atoms with Crippen molar-refractivity contribution in [2.24, 2.45) is 121 Å². The second-order valence-corrected chi connectivity index (χ2v) is 43.6. The number of nitrogens with one attached hydrogen (secondary N) is 11. The summed E-state index contributed by atoms with van der Waals surface area (Å²) < 4.78 is 16.3. The van der Waals surface area contributed by atoms with Crippen molar-refractivity contribution in [2.75, 3.05) is 47.3 Å². The van der Waals surface area contributed by atoms with Gasteiger partial charge in [0.1, 0.15) is 121 Å². The highest BCUT2D eigenvalue weighted by Gasteiger charge is 2.64. The van der Waals surface area contributed by atoms with Gasteiger partial charge in [0, 0.05) is 136 Å². The van der Waals surface area contributed by atoms with Crippen LogP contribution in [0.2, 0.25) is 0 Å². The number of nitrogens with zero attached hydrogens (tertiary/aromatic N) is 17. The molecule has 29 N–H and O–H groups in total. The number of hydrogen-bond donors (Lipinski definition) is 23. The van der Waals surface area contributed by atoms with Crippen LogP contribution >= 0.6 is 0 Å². The van der Waals surface area contributed by atoms with Gasteiger partial charge < -0.3 is 145 Å². The summed E-state index contributed by atoms with van der Waals surface area (Å²) in [6.07, 6.45) is 12.7. The Bertz CT molecular complexity index is 5240. The van der Waals surface area contributed by atoms with Crippen molar-refractivity contribution in [1.29, 1.82) is 5.41 Å². The van der Waals surface area contributed by atoms with Gasteiger partial charge in [0.15, 0.2) is 54.2 Å². The van der Waals surface area contributed by atoms with Crippen LogP contribution in [0.15, 0.2) is 116 Å². The average molecular weight is 1950 g/mol. The lowest BCUT2D eigenvalue weighted by Crippen LogP contribution is -2.55. The number of epoxide rings is 3. The smallest absolute Gasteiger partial charge is 0.256 e. The first-order chi connectivity index (χ1) is 65.4. The van der Waals surface area contributed by atoms with E-state index >= 15 is 0 Å². The SMILES string of the molecule is CC(C)(C)N1C=C(C(=N)N)C2C(=O)NC(N)=NC21.CC(C)(C)N1C=C(CNC2C(O)C(O)C3OC23)C2C(=O)NC(N)=NC21.CC(C)(C)N1C=C(CNC2C=CC(O)C2O)C2C(=O)NC(N)=NC21.CC(C)(C)N1C=NC2C(=O)NC=NC21.CC1C(O)C2OC2C1NCC1=CN(C)C2N=C(N)NC(=O)C12.CC1C(O)C2OC2C1NCC1=CN(C)C2N=C(N)NC(=O)C12.CN1C=NC2C(N=CN2C(C)(C)C)C1=O. The topological polar surface area (TPSA) is 716 Å². The van der Waals surface area contributed by atoms with Gasteiger partial charge in [-0.25, -0.2) is 34.9 Å². The van der Waals surface area contributed by atoms with Gasteiger partial charge in [-0.1, -0.05) is 26.0 Å². The number of nitrogens with two attached hydrogens (primary N) is 6. The molecule has 0 bridgehead atoms. The summed E-state index contributed by atoms with van der Waals surface area (Å²) in [4.78, 5) is 138. The fourth-order valence-electron chi connectivity index (χ4n) is 20.8. The van der Waals surface area contributed by atoms with Gasteiger partial charge in [-0.3, -0.25) is 75.5 Å².